The number of rotatable bonds is 4. The molecule has 1 aliphatic carbocycles. The van der Waals surface area contributed by atoms with Crippen molar-refractivity contribution in [1.29, 1.82) is 0 Å². The number of aryl methyl sites for hydroxylation is 1. The molecule has 0 bridgehead atoms. The maximum absolute atomic E-state index is 13.2. The van der Waals surface area contributed by atoms with E-state index >= 15 is 0 Å². The Morgan fingerprint density at radius 2 is 2.29 bits per heavy atom. The molecule has 3 aromatic heterocycles. The summed E-state index contributed by atoms with van der Waals surface area (Å²) in [7, 11) is 0. The molecule has 4 rings (SSSR count). The Balaban J connectivity index is 1.66. The average molecular weight is 302 g/mol. The van der Waals surface area contributed by atoms with Gasteiger partial charge in [-0.2, -0.15) is 0 Å². The lowest BCUT2D eigenvalue weighted by Crippen LogP contribution is -2.06. The minimum absolute atomic E-state index is 0.329. The van der Waals surface area contributed by atoms with Crippen LogP contribution in [0.1, 0.15) is 35.8 Å². The van der Waals surface area contributed by atoms with Crippen molar-refractivity contribution in [3.63, 3.8) is 0 Å². The molecule has 0 aliphatic heterocycles. The highest BCUT2D eigenvalue weighted by Gasteiger charge is 2.28. The zero-order valence-electron chi connectivity index (χ0n) is 11.6. The molecule has 0 amide bonds. The molecule has 0 saturated heterocycles. The van der Waals surface area contributed by atoms with E-state index in [1.807, 2.05) is 6.92 Å². The summed E-state index contributed by atoms with van der Waals surface area (Å²) in [6.45, 7) is 2.64. The van der Waals surface area contributed by atoms with Gasteiger partial charge in [-0.3, -0.25) is 9.38 Å². The van der Waals surface area contributed by atoms with Gasteiger partial charge in [0.25, 0.3) is 0 Å². The van der Waals surface area contributed by atoms with Crippen LogP contribution < -0.4 is 5.32 Å². The number of fused-ring (bicyclic) bond motifs is 1. The normalized spacial score (nSPS) is 14.8. The molecule has 1 N–H and O–H groups in total. The quantitative estimate of drug-likeness (QED) is 0.798. The zero-order chi connectivity index (χ0) is 14.4. The standard InChI is InChI=1S/C15H15FN4S/c1-9-13(7-18-12-4-11(16)5-17-6-12)20-14(10-2-3-10)8-21-15(20)19-9/h4-6,8,10,18H,2-3,7H2,1H3. The molecule has 0 atom stereocenters. The maximum atomic E-state index is 13.2. The number of hydrogen-bond acceptors (Lipinski definition) is 4. The molecule has 0 radical (unpaired) electrons. The highest BCUT2D eigenvalue weighted by Crippen LogP contribution is 2.42. The van der Waals surface area contributed by atoms with Crippen molar-refractivity contribution in [2.45, 2.75) is 32.2 Å². The molecule has 1 aliphatic rings. The Hall–Kier alpha value is -1.95. The Morgan fingerprint density at radius 1 is 1.43 bits per heavy atom. The summed E-state index contributed by atoms with van der Waals surface area (Å²) >= 11 is 1.69. The van der Waals surface area contributed by atoms with E-state index in [1.54, 1.807) is 17.5 Å². The molecule has 3 heterocycles. The summed E-state index contributed by atoms with van der Waals surface area (Å²) < 4.78 is 15.4. The molecule has 3 aromatic rings. The molecule has 0 aromatic carbocycles. The maximum Gasteiger partial charge on any atom is 0.194 e. The van der Waals surface area contributed by atoms with Gasteiger partial charge in [0.05, 0.1) is 36.0 Å². The van der Waals surface area contributed by atoms with E-state index in [0.717, 1.165) is 16.3 Å². The second-order valence-electron chi connectivity index (χ2n) is 5.44. The highest BCUT2D eigenvalue weighted by atomic mass is 32.1. The van der Waals surface area contributed by atoms with E-state index in [-0.39, 0.29) is 5.82 Å². The van der Waals surface area contributed by atoms with Crippen LogP contribution in [-0.2, 0) is 6.54 Å². The Kier molecular flexibility index (Phi) is 2.92. The van der Waals surface area contributed by atoms with Crippen molar-refractivity contribution < 1.29 is 4.39 Å². The Labute approximate surface area is 125 Å². The van der Waals surface area contributed by atoms with Gasteiger partial charge in [0.15, 0.2) is 4.96 Å². The molecule has 108 valence electrons. The molecular formula is C15H15FN4S. The van der Waals surface area contributed by atoms with Gasteiger partial charge in [-0.25, -0.2) is 9.37 Å². The fraction of sp³-hybridized carbons (Fsp3) is 0.333. The average Bonchev–Trinajstić information content (AvgIpc) is 3.14. The predicted octanol–water partition coefficient (Wildman–Crippen LogP) is 3.73. The van der Waals surface area contributed by atoms with Gasteiger partial charge in [-0.1, -0.05) is 0 Å². The smallest absolute Gasteiger partial charge is 0.194 e. The minimum Gasteiger partial charge on any atom is -0.378 e. The van der Waals surface area contributed by atoms with Crippen LogP contribution in [0.3, 0.4) is 0 Å². The van der Waals surface area contributed by atoms with Crippen molar-refractivity contribution in [1.82, 2.24) is 14.4 Å². The highest BCUT2D eigenvalue weighted by molar-refractivity contribution is 7.15. The molecular weight excluding hydrogens is 287 g/mol. The lowest BCUT2D eigenvalue weighted by molar-refractivity contribution is 0.622. The van der Waals surface area contributed by atoms with Crippen LogP contribution in [0.25, 0.3) is 4.96 Å². The number of nitrogens with zero attached hydrogens (tertiary/aromatic N) is 3. The second kappa shape index (κ2) is 4.80. The van der Waals surface area contributed by atoms with Gasteiger partial charge < -0.3 is 5.32 Å². The summed E-state index contributed by atoms with van der Waals surface area (Å²) in [5.41, 5.74) is 4.23. The van der Waals surface area contributed by atoms with Gasteiger partial charge in [-0.15, -0.1) is 11.3 Å². The first kappa shape index (κ1) is 12.8. The third kappa shape index (κ3) is 2.29. The van der Waals surface area contributed by atoms with E-state index in [1.165, 1.54) is 30.8 Å². The van der Waals surface area contributed by atoms with Crippen LogP contribution in [-0.4, -0.2) is 14.4 Å². The first-order valence-electron chi connectivity index (χ1n) is 7.02. The predicted molar refractivity (Wildman–Crippen MR) is 81.3 cm³/mol. The van der Waals surface area contributed by atoms with Gasteiger partial charge >= 0.3 is 0 Å². The number of pyridine rings is 1. The van der Waals surface area contributed by atoms with E-state index in [4.69, 9.17) is 0 Å². The van der Waals surface area contributed by atoms with Gasteiger partial charge in [0.1, 0.15) is 5.82 Å². The lowest BCUT2D eigenvalue weighted by Gasteiger charge is -2.08. The second-order valence-corrected chi connectivity index (χ2v) is 6.28. The summed E-state index contributed by atoms with van der Waals surface area (Å²) in [4.78, 5) is 9.53. The van der Waals surface area contributed by atoms with Crippen molar-refractivity contribution in [3.05, 3.63) is 46.7 Å². The van der Waals surface area contributed by atoms with Crippen LogP contribution in [0.4, 0.5) is 10.1 Å². The fourth-order valence-electron chi connectivity index (χ4n) is 2.61. The van der Waals surface area contributed by atoms with Gasteiger partial charge in [0, 0.05) is 23.1 Å². The Morgan fingerprint density at radius 3 is 3.05 bits per heavy atom. The van der Waals surface area contributed by atoms with E-state index in [9.17, 15) is 4.39 Å². The number of aromatic nitrogens is 3. The number of nitrogens with one attached hydrogen (secondary N) is 1. The number of imidazole rings is 1. The first-order valence-corrected chi connectivity index (χ1v) is 7.90. The minimum atomic E-state index is -0.329. The number of anilines is 1. The van der Waals surface area contributed by atoms with E-state index < -0.39 is 0 Å². The van der Waals surface area contributed by atoms with Gasteiger partial charge in [0.2, 0.25) is 0 Å². The molecule has 1 fully saturated rings. The third-order valence-corrected chi connectivity index (χ3v) is 4.69. The van der Waals surface area contributed by atoms with Gasteiger partial charge in [-0.05, 0) is 19.8 Å². The molecule has 0 spiro atoms. The summed E-state index contributed by atoms with van der Waals surface area (Å²) in [6, 6.07) is 1.45. The topological polar surface area (TPSA) is 42.2 Å². The van der Waals surface area contributed by atoms with Crippen molar-refractivity contribution in [2.24, 2.45) is 0 Å². The van der Waals surface area contributed by atoms with Crippen molar-refractivity contribution in [2.75, 3.05) is 5.32 Å². The largest absolute Gasteiger partial charge is 0.378 e. The lowest BCUT2D eigenvalue weighted by atomic mass is 10.3. The first-order chi connectivity index (χ1) is 10.2. The fourth-order valence-corrected chi connectivity index (χ4v) is 3.64. The Bertz CT molecular complexity index is 803. The van der Waals surface area contributed by atoms with Crippen molar-refractivity contribution in [3.8, 4) is 0 Å². The number of thiazole rings is 1. The van der Waals surface area contributed by atoms with E-state index in [0.29, 0.717) is 18.2 Å². The van der Waals surface area contributed by atoms with Crippen LogP contribution in [0.2, 0.25) is 0 Å². The van der Waals surface area contributed by atoms with Crippen LogP contribution in [0, 0.1) is 12.7 Å². The molecule has 21 heavy (non-hydrogen) atoms. The molecule has 6 heteroatoms. The van der Waals surface area contributed by atoms with Crippen LogP contribution in [0.15, 0.2) is 23.8 Å². The summed E-state index contributed by atoms with van der Waals surface area (Å²) in [6.07, 6.45) is 5.37. The molecule has 1 saturated carbocycles. The van der Waals surface area contributed by atoms with Crippen LogP contribution in [0.5, 0.6) is 0 Å². The van der Waals surface area contributed by atoms with E-state index in [2.05, 4.69) is 25.1 Å². The summed E-state index contributed by atoms with van der Waals surface area (Å²) in [5, 5.41) is 5.45. The SMILES string of the molecule is Cc1nc2scc(C3CC3)n2c1CNc1cncc(F)c1. The monoisotopic (exact) mass is 302 g/mol. The number of hydrogen-bond donors (Lipinski definition) is 1. The molecule has 0 unspecified atom stereocenters. The zero-order valence-corrected chi connectivity index (χ0v) is 12.5. The molecule has 4 nitrogen and oxygen atoms in total. The number of halogens is 1. The summed E-state index contributed by atoms with van der Waals surface area (Å²) in [5.74, 6) is 0.353. The van der Waals surface area contributed by atoms with Crippen LogP contribution >= 0.6 is 11.3 Å². The third-order valence-electron chi connectivity index (χ3n) is 3.85. The van der Waals surface area contributed by atoms with Crippen molar-refractivity contribution >= 4 is 22.0 Å².